The number of unbranched alkanes of at least 4 members (excludes halogenated alkanes) is 2. The Morgan fingerprint density at radius 1 is 1.07 bits per heavy atom. The molecule has 1 N–H and O–H groups in total. The zero-order chi connectivity index (χ0) is 11.2. The monoisotopic (exact) mass is 222 g/mol. The molecule has 0 aromatic rings. The molecule has 0 saturated heterocycles. The van der Waals surface area contributed by atoms with Gasteiger partial charge >= 0.3 is 0 Å². The van der Waals surface area contributed by atoms with Crippen LogP contribution in [0.4, 0.5) is 0 Å². The Bertz CT molecular complexity index is 232. The van der Waals surface area contributed by atoms with Crippen LogP contribution in [0.1, 0.15) is 40.0 Å². The van der Waals surface area contributed by atoms with E-state index in [0.29, 0.717) is 12.8 Å². The maximum Gasteiger partial charge on any atom is 0.153 e. The van der Waals surface area contributed by atoms with Crippen LogP contribution < -0.4 is 0 Å². The van der Waals surface area contributed by atoms with E-state index in [1.54, 1.807) is 6.92 Å². The first-order valence-electron chi connectivity index (χ1n) is 5.24. The molecule has 0 aliphatic carbocycles. The average molecular weight is 222 g/mol. The molecule has 0 aromatic carbocycles. The minimum Gasteiger partial charge on any atom is -0.396 e. The van der Waals surface area contributed by atoms with Crippen LogP contribution in [0.25, 0.3) is 0 Å². The van der Waals surface area contributed by atoms with Crippen LogP contribution in [-0.2, 0) is 9.84 Å². The van der Waals surface area contributed by atoms with E-state index < -0.39 is 9.84 Å². The lowest BCUT2D eigenvalue weighted by Crippen LogP contribution is -2.25. The van der Waals surface area contributed by atoms with Crippen molar-refractivity contribution in [3.8, 4) is 0 Å². The van der Waals surface area contributed by atoms with Gasteiger partial charge in [0.1, 0.15) is 0 Å². The van der Waals surface area contributed by atoms with Gasteiger partial charge in [-0.1, -0.05) is 20.3 Å². The van der Waals surface area contributed by atoms with Gasteiger partial charge < -0.3 is 5.11 Å². The molecule has 0 fully saturated rings. The van der Waals surface area contributed by atoms with Gasteiger partial charge in [-0.25, -0.2) is 8.42 Å². The Hall–Kier alpha value is -0.0900. The van der Waals surface area contributed by atoms with Crippen molar-refractivity contribution < 1.29 is 13.5 Å². The maximum atomic E-state index is 11.7. The molecule has 86 valence electrons. The smallest absolute Gasteiger partial charge is 0.153 e. The number of aliphatic hydroxyl groups excluding tert-OH is 1. The molecule has 4 heteroatoms. The van der Waals surface area contributed by atoms with Crippen LogP contribution in [0.2, 0.25) is 0 Å². The second-order valence-corrected chi connectivity index (χ2v) is 6.58. The van der Waals surface area contributed by atoms with Gasteiger partial charge in [0, 0.05) is 6.61 Å². The summed E-state index contributed by atoms with van der Waals surface area (Å²) in [6.07, 6.45) is 2.16. The minimum atomic E-state index is -2.92. The summed E-state index contributed by atoms with van der Waals surface area (Å²) < 4.78 is 23.3. The van der Waals surface area contributed by atoms with Crippen LogP contribution in [0.3, 0.4) is 0 Å². The molecular formula is C10H22O3S. The molecule has 3 nitrogen and oxygen atoms in total. The summed E-state index contributed by atoms with van der Waals surface area (Å²) in [5.74, 6) is 0.435. The van der Waals surface area contributed by atoms with Gasteiger partial charge in [-0.3, -0.25) is 0 Å². The quantitative estimate of drug-likeness (QED) is 0.666. The first kappa shape index (κ1) is 13.9. The van der Waals surface area contributed by atoms with Gasteiger partial charge in [-0.2, -0.15) is 0 Å². The number of rotatable bonds is 7. The summed E-state index contributed by atoms with van der Waals surface area (Å²) >= 11 is 0. The number of hydrogen-bond donors (Lipinski definition) is 1. The van der Waals surface area contributed by atoms with Crippen molar-refractivity contribution in [2.75, 3.05) is 12.4 Å². The maximum absolute atomic E-state index is 11.7. The standard InChI is InChI=1S/C10H22O3S/c1-9(2)10(3)14(12,13)8-6-4-5-7-11/h9-11H,4-8H2,1-3H3. The van der Waals surface area contributed by atoms with E-state index in [1.165, 1.54) is 0 Å². The van der Waals surface area contributed by atoms with Crippen LogP contribution in [0.15, 0.2) is 0 Å². The van der Waals surface area contributed by atoms with Crippen molar-refractivity contribution in [3.05, 3.63) is 0 Å². The zero-order valence-corrected chi connectivity index (χ0v) is 10.2. The largest absolute Gasteiger partial charge is 0.396 e. The zero-order valence-electron chi connectivity index (χ0n) is 9.36. The average Bonchev–Trinajstić information content (AvgIpc) is 2.11. The minimum absolute atomic E-state index is 0.153. The number of hydrogen-bond acceptors (Lipinski definition) is 3. The molecule has 0 aliphatic heterocycles. The molecule has 1 unspecified atom stereocenters. The molecule has 0 saturated carbocycles. The van der Waals surface area contributed by atoms with Crippen molar-refractivity contribution in [3.63, 3.8) is 0 Å². The molecule has 0 heterocycles. The van der Waals surface area contributed by atoms with E-state index in [4.69, 9.17) is 5.11 Å². The highest BCUT2D eigenvalue weighted by Crippen LogP contribution is 2.14. The predicted molar refractivity (Wildman–Crippen MR) is 59.0 cm³/mol. The van der Waals surface area contributed by atoms with Crippen molar-refractivity contribution in [2.24, 2.45) is 5.92 Å². The second kappa shape index (κ2) is 6.40. The molecule has 0 rings (SSSR count). The summed E-state index contributed by atoms with van der Waals surface area (Å²) in [6.45, 7) is 5.78. The van der Waals surface area contributed by atoms with E-state index >= 15 is 0 Å². The van der Waals surface area contributed by atoms with Crippen LogP contribution in [-0.4, -0.2) is 31.1 Å². The van der Waals surface area contributed by atoms with Gasteiger partial charge in [-0.15, -0.1) is 0 Å². The summed E-state index contributed by atoms with van der Waals surface area (Å²) in [5.41, 5.74) is 0. The molecule has 0 spiro atoms. The molecular weight excluding hydrogens is 200 g/mol. The van der Waals surface area contributed by atoms with Crippen molar-refractivity contribution in [1.29, 1.82) is 0 Å². The SMILES string of the molecule is CC(C)C(C)S(=O)(=O)CCCCCO. The van der Waals surface area contributed by atoms with Crippen LogP contribution in [0, 0.1) is 5.92 Å². The van der Waals surface area contributed by atoms with Gasteiger partial charge in [0.05, 0.1) is 11.0 Å². The van der Waals surface area contributed by atoms with E-state index in [0.717, 1.165) is 6.42 Å². The van der Waals surface area contributed by atoms with Crippen molar-refractivity contribution in [1.82, 2.24) is 0 Å². The molecule has 0 aliphatic rings. The summed E-state index contributed by atoms with van der Waals surface area (Å²) in [4.78, 5) is 0. The fraction of sp³-hybridized carbons (Fsp3) is 1.00. The molecule has 0 aromatic heterocycles. The Morgan fingerprint density at radius 3 is 2.07 bits per heavy atom. The summed E-state index contributed by atoms with van der Waals surface area (Å²) in [5, 5.41) is 8.29. The number of aliphatic hydroxyl groups is 1. The molecule has 14 heavy (non-hydrogen) atoms. The van der Waals surface area contributed by atoms with E-state index in [1.807, 2.05) is 13.8 Å². The highest BCUT2D eigenvalue weighted by atomic mass is 32.2. The fourth-order valence-electron chi connectivity index (χ4n) is 1.19. The Kier molecular flexibility index (Phi) is 6.36. The third-order valence-electron chi connectivity index (χ3n) is 2.59. The third-order valence-corrected chi connectivity index (χ3v) is 5.13. The van der Waals surface area contributed by atoms with E-state index in [9.17, 15) is 8.42 Å². The fourth-order valence-corrected chi connectivity index (χ4v) is 3.00. The highest BCUT2D eigenvalue weighted by molar-refractivity contribution is 7.92. The third kappa shape index (κ3) is 4.96. The van der Waals surface area contributed by atoms with Gasteiger partial charge in [0.25, 0.3) is 0 Å². The van der Waals surface area contributed by atoms with Gasteiger partial charge in [0.15, 0.2) is 9.84 Å². The van der Waals surface area contributed by atoms with Gasteiger partial charge in [0.2, 0.25) is 0 Å². The molecule has 1 atom stereocenters. The summed E-state index contributed by atoms with van der Waals surface area (Å²) in [7, 11) is -2.92. The van der Waals surface area contributed by atoms with Crippen molar-refractivity contribution >= 4 is 9.84 Å². The Morgan fingerprint density at radius 2 is 1.64 bits per heavy atom. The number of sulfone groups is 1. The lowest BCUT2D eigenvalue weighted by molar-refractivity contribution is 0.284. The summed E-state index contributed by atoms with van der Waals surface area (Å²) in [6, 6.07) is 0. The lowest BCUT2D eigenvalue weighted by atomic mass is 10.2. The van der Waals surface area contributed by atoms with Crippen molar-refractivity contribution in [2.45, 2.75) is 45.3 Å². The molecule has 0 amide bonds. The first-order valence-corrected chi connectivity index (χ1v) is 6.95. The topological polar surface area (TPSA) is 54.4 Å². The normalized spacial score (nSPS) is 14.6. The lowest BCUT2D eigenvalue weighted by Gasteiger charge is -2.15. The Balaban J connectivity index is 3.96. The second-order valence-electron chi connectivity index (χ2n) is 4.10. The Labute approximate surface area is 87.4 Å². The molecule has 0 bridgehead atoms. The van der Waals surface area contributed by atoms with Crippen LogP contribution >= 0.6 is 0 Å². The van der Waals surface area contributed by atoms with Crippen LogP contribution in [0.5, 0.6) is 0 Å². The van der Waals surface area contributed by atoms with E-state index in [2.05, 4.69) is 0 Å². The van der Waals surface area contributed by atoms with Gasteiger partial charge in [-0.05, 0) is 25.7 Å². The molecule has 0 radical (unpaired) electrons. The van der Waals surface area contributed by atoms with E-state index in [-0.39, 0.29) is 23.5 Å². The highest BCUT2D eigenvalue weighted by Gasteiger charge is 2.22. The first-order chi connectivity index (χ1) is 6.41. The predicted octanol–water partition coefficient (Wildman–Crippen LogP) is 1.61.